The van der Waals surface area contributed by atoms with Crippen LogP contribution in [0.5, 0.6) is 17.2 Å². The fraction of sp³-hybridized carbons (Fsp3) is 0.261. The van der Waals surface area contributed by atoms with Gasteiger partial charge in [-0.1, -0.05) is 19.1 Å². The maximum atomic E-state index is 12.9. The van der Waals surface area contributed by atoms with Gasteiger partial charge in [-0.25, -0.2) is 0 Å². The zero-order valence-electron chi connectivity index (χ0n) is 19.9. The number of hydrogen-bond acceptors (Lipinski definition) is 11. The molecule has 0 aliphatic carbocycles. The van der Waals surface area contributed by atoms with Crippen LogP contribution in [-0.4, -0.2) is 51.6 Å². The summed E-state index contributed by atoms with van der Waals surface area (Å²) in [4.78, 5) is 59.0. The van der Waals surface area contributed by atoms with E-state index in [-0.39, 0.29) is 33.8 Å². The monoisotopic (exact) mass is 531 g/mol. The van der Waals surface area contributed by atoms with Gasteiger partial charge in [-0.2, -0.15) is 0 Å². The molecular weight excluding hydrogens is 510 g/mol. The quantitative estimate of drug-likeness (QED) is 0.180. The molecule has 1 fully saturated rings. The van der Waals surface area contributed by atoms with E-state index < -0.39 is 44.9 Å². The van der Waals surface area contributed by atoms with E-state index in [4.69, 9.17) is 14.2 Å². The average molecular weight is 531 g/mol. The molecule has 37 heavy (non-hydrogen) atoms. The van der Waals surface area contributed by atoms with Gasteiger partial charge in [0, 0.05) is 11.6 Å². The van der Waals surface area contributed by atoms with Crippen LogP contribution in [-0.2, 0) is 14.3 Å². The number of ether oxygens (including phenoxy) is 3. The highest BCUT2D eigenvalue weighted by molar-refractivity contribution is 8.18. The van der Waals surface area contributed by atoms with Gasteiger partial charge in [0.15, 0.2) is 11.5 Å². The summed E-state index contributed by atoms with van der Waals surface area (Å²) in [5.41, 5.74) is -0.939. The second-order valence-electron chi connectivity index (χ2n) is 7.62. The molecule has 2 aromatic rings. The van der Waals surface area contributed by atoms with Crippen molar-refractivity contribution in [3.63, 3.8) is 0 Å². The Morgan fingerprint density at radius 3 is 2.49 bits per heavy atom. The number of rotatable bonds is 10. The SMILES string of the molecule is CC[C@@H](C)OC(=O)CN1C(=O)S/C(=C/c2cccc(OC)c2Oc2ccc([N+](=O)[O-])cc2[N+](=O)[O-])C1=O. The summed E-state index contributed by atoms with van der Waals surface area (Å²) < 4.78 is 16.2. The molecule has 0 N–H and O–H groups in total. The summed E-state index contributed by atoms with van der Waals surface area (Å²) in [5.74, 6) is -1.67. The molecule has 0 unspecified atom stereocenters. The predicted molar refractivity (Wildman–Crippen MR) is 131 cm³/mol. The highest BCUT2D eigenvalue weighted by Gasteiger charge is 2.37. The van der Waals surface area contributed by atoms with Crippen molar-refractivity contribution in [2.45, 2.75) is 26.4 Å². The second-order valence-corrected chi connectivity index (χ2v) is 8.62. The topological polar surface area (TPSA) is 168 Å². The number of nitro groups is 2. The minimum absolute atomic E-state index is 0.0300. The molecule has 2 amide bonds. The molecule has 0 radical (unpaired) electrons. The molecule has 2 aromatic carbocycles. The number of benzene rings is 2. The number of hydrogen-bond donors (Lipinski definition) is 0. The Kier molecular flexibility index (Phi) is 8.45. The Morgan fingerprint density at radius 1 is 1.14 bits per heavy atom. The zero-order valence-corrected chi connectivity index (χ0v) is 20.7. The zero-order chi connectivity index (χ0) is 27.3. The normalized spacial score (nSPS) is 15.0. The Balaban J connectivity index is 1.96. The molecule has 1 heterocycles. The largest absolute Gasteiger partial charge is 0.493 e. The van der Waals surface area contributed by atoms with E-state index in [2.05, 4.69) is 0 Å². The summed E-state index contributed by atoms with van der Waals surface area (Å²) in [6, 6.07) is 7.45. The summed E-state index contributed by atoms with van der Waals surface area (Å²) >= 11 is 0.596. The van der Waals surface area contributed by atoms with Crippen LogP contribution < -0.4 is 9.47 Å². The fourth-order valence-corrected chi connectivity index (χ4v) is 3.96. The molecule has 14 heteroatoms. The molecule has 0 spiro atoms. The Labute approximate surface area is 214 Å². The van der Waals surface area contributed by atoms with E-state index >= 15 is 0 Å². The second kappa shape index (κ2) is 11.5. The first kappa shape index (κ1) is 27.1. The standard InChI is InChI=1S/C23H21N3O10S/c1-4-13(2)35-20(27)12-24-22(28)19(37-23(24)29)10-14-6-5-7-18(34-3)21(14)36-17-9-8-15(25(30)31)11-16(17)26(32)33/h5-11,13H,4,12H2,1-3H3/b19-10+/t13-/m1/s1. The van der Waals surface area contributed by atoms with E-state index in [1.165, 1.54) is 25.3 Å². The predicted octanol–water partition coefficient (Wildman–Crippen LogP) is 4.68. The average Bonchev–Trinajstić information content (AvgIpc) is 3.11. The van der Waals surface area contributed by atoms with Gasteiger partial charge in [0.1, 0.15) is 6.54 Å². The van der Waals surface area contributed by atoms with Crippen LogP contribution in [0.1, 0.15) is 25.8 Å². The van der Waals surface area contributed by atoms with E-state index in [1.54, 1.807) is 13.0 Å². The number of carbonyl (C=O) groups is 3. The minimum Gasteiger partial charge on any atom is -0.493 e. The molecule has 1 saturated heterocycles. The molecule has 1 aliphatic heterocycles. The third kappa shape index (κ3) is 6.22. The lowest BCUT2D eigenvalue weighted by molar-refractivity contribution is -0.394. The maximum Gasteiger partial charge on any atom is 0.326 e. The van der Waals surface area contributed by atoms with Crippen LogP contribution in [0, 0.1) is 20.2 Å². The Bertz CT molecular complexity index is 1310. The first-order valence-corrected chi connectivity index (χ1v) is 11.6. The summed E-state index contributed by atoms with van der Waals surface area (Å²) in [7, 11) is 1.33. The molecule has 1 aliphatic rings. The van der Waals surface area contributed by atoms with Gasteiger partial charge in [0.2, 0.25) is 5.75 Å². The van der Waals surface area contributed by atoms with Crippen LogP contribution in [0.4, 0.5) is 16.2 Å². The molecule has 3 rings (SSSR count). The maximum absolute atomic E-state index is 12.9. The van der Waals surface area contributed by atoms with Gasteiger partial charge in [-0.15, -0.1) is 0 Å². The number of para-hydroxylation sites is 1. The Hall–Kier alpha value is -4.46. The van der Waals surface area contributed by atoms with E-state index in [1.807, 2.05) is 6.92 Å². The number of esters is 1. The molecule has 0 saturated carbocycles. The van der Waals surface area contributed by atoms with Crippen LogP contribution in [0.15, 0.2) is 41.3 Å². The van der Waals surface area contributed by atoms with E-state index in [0.29, 0.717) is 18.2 Å². The summed E-state index contributed by atoms with van der Waals surface area (Å²) in [5, 5.41) is 21.9. The number of amides is 2. The van der Waals surface area contributed by atoms with Gasteiger partial charge >= 0.3 is 11.7 Å². The summed E-state index contributed by atoms with van der Waals surface area (Å²) in [6.07, 6.45) is 1.52. The molecule has 0 aromatic heterocycles. The van der Waals surface area contributed by atoms with Crippen LogP contribution in [0.3, 0.4) is 0 Å². The third-order valence-electron chi connectivity index (χ3n) is 5.15. The van der Waals surface area contributed by atoms with Crippen molar-refractivity contribution in [2.75, 3.05) is 13.7 Å². The lowest BCUT2D eigenvalue weighted by atomic mass is 10.1. The van der Waals surface area contributed by atoms with Crippen molar-refractivity contribution >= 4 is 46.3 Å². The number of nitro benzene ring substituents is 2. The van der Waals surface area contributed by atoms with E-state index in [9.17, 15) is 34.6 Å². The highest BCUT2D eigenvalue weighted by Crippen LogP contribution is 2.42. The number of imide groups is 1. The van der Waals surface area contributed by atoms with Crippen LogP contribution in [0.25, 0.3) is 6.08 Å². The smallest absolute Gasteiger partial charge is 0.326 e. The van der Waals surface area contributed by atoms with Crippen molar-refractivity contribution in [3.05, 3.63) is 67.1 Å². The number of methoxy groups -OCH3 is 1. The van der Waals surface area contributed by atoms with Gasteiger partial charge < -0.3 is 14.2 Å². The van der Waals surface area contributed by atoms with E-state index in [0.717, 1.165) is 23.1 Å². The number of thioether (sulfide) groups is 1. The van der Waals surface area contributed by atoms with Gasteiger partial charge in [-0.3, -0.25) is 39.5 Å². The van der Waals surface area contributed by atoms with Crippen molar-refractivity contribution in [3.8, 4) is 17.2 Å². The van der Waals surface area contributed by atoms with Crippen LogP contribution >= 0.6 is 11.8 Å². The molecule has 13 nitrogen and oxygen atoms in total. The molecular formula is C23H21N3O10S. The third-order valence-corrected chi connectivity index (χ3v) is 6.05. The summed E-state index contributed by atoms with van der Waals surface area (Å²) in [6.45, 7) is 2.95. The van der Waals surface area contributed by atoms with Gasteiger partial charge in [0.25, 0.3) is 16.8 Å². The molecule has 194 valence electrons. The Morgan fingerprint density at radius 2 is 1.86 bits per heavy atom. The van der Waals surface area contributed by atoms with Crippen molar-refractivity contribution in [2.24, 2.45) is 0 Å². The van der Waals surface area contributed by atoms with Crippen molar-refractivity contribution < 1.29 is 38.4 Å². The van der Waals surface area contributed by atoms with Gasteiger partial charge in [-0.05, 0) is 43.3 Å². The van der Waals surface area contributed by atoms with Gasteiger partial charge in [0.05, 0.1) is 34.0 Å². The lowest BCUT2D eigenvalue weighted by Gasteiger charge is -2.15. The fourth-order valence-electron chi connectivity index (χ4n) is 3.13. The lowest BCUT2D eigenvalue weighted by Crippen LogP contribution is -2.35. The first-order valence-electron chi connectivity index (χ1n) is 10.8. The number of non-ortho nitro benzene ring substituents is 1. The van der Waals surface area contributed by atoms with Crippen molar-refractivity contribution in [1.82, 2.24) is 4.90 Å². The minimum atomic E-state index is -0.832. The van der Waals surface area contributed by atoms with Crippen molar-refractivity contribution in [1.29, 1.82) is 0 Å². The molecule has 0 bridgehead atoms. The number of carbonyl (C=O) groups excluding carboxylic acids is 3. The van der Waals surface area contributed by atoms with Crippen LogP contribution in [0.2, 0.25) is 0 Å². The first-order chi connectivity index (χ1) is 17.5. The number of nitrogens with zero attached hydrogens (tertiary/aromatic N) is 3. The highest BCUT2D eigenvalue weighted by atomic mass is 32.2. The molecule has 1 atom stereocenters.